The van der Waals surface area contributed by atoms with Gasteiger partial charge in [0.05, 0.1) is 0 Å². The fourth-order valence-corrected chi connectivity index (χ4v) is 5.95. The minimum Gasteiger partial charge on any atom is -0.489 e. The normalized spacial score (nSPS) is 27.4. The number of likely N-dealkylation sites (tertiary alicyclic amines) is 1. The monoisotopic (exact) mass is 475 g/mol. The number of ether oxygens (including phenoxy) is 1. The lowest BCUT2D eigenvalue weighted by molar-refractivity contribution is -0.136. The van der Waals surface area contributed by atoms with Crippen molar-refractivity contribution in [2.75, 3.05) is 13.1 Å². The number of aromatic nitrogens is 2. The quantitative estimate of drug-likeness (QED) is 0.660. The number of imide groups is 1. The fraction of sp³-hybridized carbons (Fsp3) is 0.500. The molecule has 2 aromatic rings. The summed E-state index contributed by atoms with van der Waals surface area (Å²) in [4.78, 5) is 49.2. The standard InChI is InChI=1S/C26H29N5O4/c32-24-8-7-22(25(33)29-24)31-14-16-9-19(5-6-20(16)26(31)34)35-23-4-2-1-3-21(23)30-12-18(13-30)17-10-27-15-28-11-17/h5-6,9-11,15,18,21-23H,1-4,7-8,12-14H2,(H,29,32,33)/t21-,22?,23+/m1/s1. The van der Waals surface area contributed by atoms with Crippen molar-refractivity contribution in [3.63, 3.8) is 0 Å². The van der Waals surface area contributed by atoms with Crippen LogP contribution in [0.1, 0.15) is 65.9 Å². The Hall–Kier alpha value is -3.33. The molecule has 0 radical (unpaired) electrons. The van der Waals surface area contributed by atoms with Crippen LogP contribution in [-0.2, 0) is 16.1 Å². The van der Waals surface area contributed by atoms with Gasteiger partial charge in [0.25, 0.3) is 5.91 Å². The molecule has 3 aliphatic heterocycles. The Labute approximate surface area is 203 Å². The molecule has 3 amide bonds. The second-order valence-electron chi connectivity index (χ2n) is 10.0. The number of carbonyl (C=O) groups is 3. The molecule has 1 aromatic heterocycles. The van der Waals surface area contributed by atoms with E-state index in [1.807, 2.05) is 30.6 Å². The lowest BCUT2D eigenvalue weighted by atomic mass is 9.85. The molecule has 3 atom stereocenters. The molecule has 1 aromatic carbocycles. The molecule has 6 rings (SSSR count). The summed E-state index contributed by atoms with van der Waals surface area (Å²) in [6.07, 6.45) is 10.6. The largest absolute Gasteiger partial charge is 0.489 e. The van der Waals surface area contributed by atoms with E-state index in [-0.39, 0.29) is 30.2 Å². The highest BCUT2D eigenvalue weighted by Gasteiger charge is 2.41. The van der Waals surface area contributed by atoms with Crippen LogP contribution in [0.3, 0.4) is 0 Å². The van der Waals surface area contributed by atoms with Gasteiger partial charge in [-0.3, -0.25) is 24.6 Å². The molecular weight excluding hydrogens is 446 g/mol. The van der Waals surface area contributed by atoms with Crippen LogP contribution in [0.25, 0.3) is 0 Å². The molecule has 1 aliphatic carbocycles. The fourth-order valence-electron chi connectivity index (χ4n) is 5.95. The first-order valence-electron chi connectivity index (χ1n) is 12.5. The van der Waals surface area contributed by atoms with Gasteiger partial charge >= 0.3 is 0 Å². The van der Waals surface area contributed by atoms with Gasteiger partial charge < -0.3 is 9.64 Å². The molecule has 0 spiro atoms. The molecule has 1 unspecified atom stereocenters. The number of fused-ring (bicyclic) bond motifs is 1. The average molecular weight is 476 g/mol. The van der Waals surface area contributed by atoms with E-state index in [1.54, 1.807) is 11.2 Å². The molecule has 4 aliphatic rings. The van der Waals surface area contributed by atoms with Crippen molar-refractivity contribution in [3.05, 3.63) is 53.6 Å². The van der Waals surface area contributed by atoms with Crippen molar-refractivity contribution >= 4 is 17.7 Å². The molecule has 9 heteroatoms. The number of hydrogen-bond acceptors (Lipinski definition) is 7. The molecule has 3 fully saturated rings. The second kappa shape index (κ2) is 9.03. The van der Waals surface area contributed by atoms with Crippen LogP contribution < -0.4 is 10.1 Å². The third kappa shape index (κ3) is 4.18. The van der Waals surface area contributed by atoms with Crippen LogP contribution in [0.2, 0.25) is 0 Å². The van der Waals surface area contributed by atoms with Crippen LogP contribution in [0.5, 0.6) is 5.75 Å². The Morgan fingerprint density at radius 2 is 1.80 bits per heavy atom. The molecule has 1 saturated carbocycles. The SMILES string of the molecule is O=C1CCC(N2Cc3cc(O[C@H]4CCCC[C@H]4N4CC(c5cncnc5)C4)ccc3C2=O)C(=O)N1. The van der Waals surface area contributed by atoms with E-state index in [0.29, 0.717) is 30.5 Å². The van der Waals surface area contributed by atoms with Crippen LogP contribution in [0, 0.1) is 0 Å². The molecule has 1 N–H and O–H groups in total. The molecular formula is C26H29N5O4. The first-order chi connectivity index (χ1) is 17.1. The third-order valence-electron chi connectivity index (χ3n) is 7.88. The minimum atomic E-state index is -0.603. The first-order valence-corrected chi connectivity index (χ1v) is 12.5. The highest BCUT2D eigenvalue weighted by molar-refractivity contribution is 6.05. The summed E-state index contributed by atoms with van der Waals surface area (Å²) in [6.45, 7) is 2.35. The Morgan fingerprint density at radius 1 is 1.00 bits per heavy atom. The number of benzene rings is 1. The van der Waals surface area contributed by atoms with E-state index in [4.69, 9.17) is 4.74 Å². The van der Waals surface area contributed by atoms with Gasteiger partial charge in [-0.2, -0.15) is 0 Å². The molecule has 35 heavy (non-hydrogen) atoms. The van der Waals surface area contributed by atoms with Crippen molar-refractivity contribution in [1.82, 2.24) is 25.1 Å². The van der Waals surface area contributed by atoms with Gasteiger partial charge in [-0.25, -0.2) is 9.97 Å². The van der Waals surface area contributed by atoms with Gasteiger partial charge in [-0.1, -0.05) is 6.42 Å². The van der Waals surface area contributed by atoms with E-state index in [0.717, 1.165) is 43.7 Å². The third-order valence-corrected chi connectivity index (χ3v) is 7.88. The van der Waals surface area contributed by atoms with Crippen molar-refractivity contribution in [2.24, 2.45) is 0 Å². The smallest absolute Gasteiger partial charge is 0.255 e. The maximum absolute atomic E-state index is 13.0. The van der Waals surface area contributed by atoms with E-state index in [9.17, 15) is 14.4 Å². The van der Waals surface area contributed by atoms with Crippen LogP contribution in [0.4, 0.5) is 0 Å². The van der Waals surface area contributed by atoms with Gasteiger partial charge in [0, 0.05) is 56.0 Å². The Kier molecular flexibility index (Phi) is 5.72. The van der Waals surface area contributed by atoms with Gasteiger partial charge in [0.1, 0.15) is 24.2 Å². The summed E-state index contributed by atoms with van der Waals surface area (Å²) in [7, 11) is 0. The van der Waals surface area contributed by atoms with E-state index >= 15 is 0 Å². The maximum Gasteiger partial charge on any atom is 0.255 e. The summed E-state index contributed by atoms with van der Waals surface area (Å²) in [6, 6.07) is 5.40. The first kappa shape index (κ1) is 22.2. The van der Waals surface area contributed by atoms with E-state index < -0.39 is 6.04 Å². The number of piperidine rings is 1. The number of rotatable bonds is 5. The average Bonchev–Trinajstić information content (AvgIpc) is 3.15. The van der Waals surface area contributed by atoms with E-state index in [2.05, 4.69) is 20.2 Å². The number of nitrogens with one attached hydrogen (secondary N) is 1. The number of nitrogens with zero attached hydrogens (tertiary/aromatic N) is 4. The number of hydrogen-bond donors (Lipinski definition) is 1. The van der Waals surface area contributed by atoms with Crippen molar-refractivity contribution < 1.29 is 19.1 Å². The van der Waals surface area contributed by atoms with Gasteiger partial charge in [-0.15, -0.1) is 0 Å². The molecule has 9 nitrogen and oxygen atoms in total. The van der Waals surface area contributed by atoms with Crippen LogP contribution in [0.15, 0.2) is 36.9 Å². The zero-order valence-corrected chi connectivity index (χ0v) is 19.6. The predicted octanol–water partition coefficient (Wildman–Crippen LogP) is 2.03. The Balaban J connectivity index is 1.12. The van der Waals surface area contributed by atoms with E-state index in [1.165, 1.54) is 12.0 Å². The zero-order chi connectivity index (χ0) is 23.9. The summed E-state index contributed by atoms with van der Waals surface area (Å²) in [5.41, 5.74) is 2.68. The maximum atomic E-state index is 13.0. The van der Waals surface area contributed by atoms with Crippen molar-refractivity contribution in [3.8, 4) is 5.75 Å². The topological polar surface area (TPSA) is 105 Å². The van der Waals surface area contributed by atoms with Crippen molar-refractivity contribution in [2.45, 2.75) is 69.2 Å². The highest BCUT2D eigenvalue weighted by atomic mass is 16.5. The lowest BCUT2D eigenvalue weighted by Gasteiger charge is -2.48. The molecule has 182 valence electrons. The molecule has 2 saturated heterocycles. The molecule has 4 heterocycles. The summed E-state index contributed by atoms with van der Waals surface area (Å²) < 4.78 is 6.52. The molecule has 0 bridgehead atoms. The predicted molar refractivity (Wildman–Crippen MR) is 126 cm³/mol. The lowest BCUT2D eigenvalue weighted by Crippen LogP contribution is -2.57. The second-order valence-corrected chi connectivity index (χ2v) is 10.0. The van der Waals surface area contributed by atoms with Crippen molar-refractivity contribution in [1.29, 1.82) is 0 Å². The number of carbonyl (C=O) groups excluding carboxylic acids is 3. The summed E-state index contributed by atoms with van der Waals surface area (Å²) in [5.74, 6) is 0.417. The van der Waals surface area contributed by atoms with Gasteiger partial charge in [0.15, 0.2) is 0 Å². The minimum absolute atomic E-state index is 0.109. The van der Waals surface area contributed by atoms with Gasteiger partial charge in [0.2, 0.25) is 11.8 Å². The van der Waals surface area contributed by atoms with Crippen LogP contribution >= 0.6 is 0 Å². The zero-order valence-electron chi connectivity index (χ0n) is 19.6. The Bertz CT molecular complexity index is 1150. The summed E-state index contributed by atoms with van der Waals surface area (Å²) in [5, 5.41) is 2.35. The van der Waals surface area contributed by atoms with Crippen LogP contribution in [-0.4, -0.2) is 68.8 Å². The Morgan fingerprint density at radius 3 is 2.60 bits per heavy atom. The highest BCUT2D eigenvalue weighted by Crippen LogP contribution is 2.36. The summed E-state index contributed by atoms with van der Waals surface area (Å²) >= 11 is 0. The van der Waals surface area contributed by atoms with Gasteiger partial charge in [-0.05, 0) is 55.0 Å². The number of amides is 3.